The van der Waals surface area contributed by atoms with E-state index in [9.17, 15) is 9.18 Å². The summed E-state index contributed by atoms with van der Waals surface area (Å²) in [6.07, 6.45) is 2.72. The van der Waals surface area contributed by atoms with E-state index in [1.807, 2.05) is 0 Å². The Morgan fingerprint density at radius 2 is 2.35 bits per heavy atom. The molecule has 2 atom stereocenters. The summed E-state index contributed by atoms with van der Waals surface area (Å²) < 4.78 is 13.1. The predicted molar refractivity (Wildman–Crippen MR) is 63.9 cm³/mol. The van der Waals surface area contributed by atoms with Gasteiger partial charge in [0, 0.05) is 0 Å². The monoisotopic (exact) mass is 236 g/mol. The number of fused-ring (bicyclic) bond motifs is 1. The van der Waals surface area contributed by atoms with E-state index < -0.39 is 6.04 Å². The first-order valence-corrected chi connectivity index (χ1v) is 5.92. The van der Waals surface area contributed by atoms with Crippen LogP contribution in [0.4, 0.5) is 4.39 Å². The van der Waals surface area contributed by atoms with Crippen molar-refractivity contribution in [3.8, 4) is 0 Å². The normalized spacial score (nSPS) is 20.5. The minimum Gasteiger partial charge on any atom is -0.348 e. The molecule has 1 unspecified atom stereocenters. The van der Waals surface area contributed by atoms with Crippen LogP contribution in [-0.4, -0.2) is 11.9 Å². The second-order valence-corrected chi connectivity index (χ2v) is 4.59. The quantitative estimate of drug-likeness (QED) is 0.820. The molecule has 1 amide bonds. The van der Waals surface area contributed by atoms with Gasteiger partial charge in [0.2, 0.25) is 5.91 Å². The summed E-state index contributed by atoms with van der Waals surface area (Å²) in [7, 11) is 0. The van der Waals surface area contributed by atoms with E-state index in [0.717, 1.165) is 30.4 Å². The smallest absolute Gasteiger partial charge is 0.237 e. The number of rotatable bonds is 2. The lowest BCUT2D eigenvalue weighted by Crippen LogP contribution is -2.41. The first-order valence-electron chi connectivity index (χ1n) is 5.92. The zero-order chi connectivity index (χ0) is 12.4. The molecule has 3 nitrogen and oxygen atoms in total. The lowest BCUT2D eigenvalue weighted by molar-refractivity contribution is -0.122. The Balaban J connectivity index is 2.20. The predicted octanol–water partition coefficient (Wildman–Crippen LogP) is 1.67. The topological polar surface area (TPSA) is 55.1 Å². The van der Waals surface area contributed by atoms with Crippen LogP contribution in [-0.2, 0) is 11.2 Å². The molecule has 0 aliphatic heterocycles. The summed E-state index contributed by atoms with van der Waals surface area (Å²) in [6.45, 7) is 1.66. The third kappa shape index (κ3) is 2.64. The van der Waals surface area contributed by atoms with Crippen molar-refractivity contribution in [1.82, 2.24) is 5.32 Å². The second-order valence-electron chi connectivity index (χ2n) is 4.59. The van der Waals surface area contributed by atoms with Crippen molar-refractivity contribution in [3.05, 3.63) is 35.1 Å². The minimum atomic E-state index is -0.513. The lowest BCUT2D eigenvalue weighted by atomic mass is 9.87. The van der Waals surface area contributed by atoms with Gasteiger partial charge in [0.25, 0.3) is 0 Å². The van der Waals surface area contributed by atoms with Crippen LogP contribution < -0.4 is 11.1 Å². The number of nitrogens with one attached hydrogen (secondary N) is 1. The van der Waals surface area contributed by atoms with Crippen LogP contribution in [0.5, 0.6) is 0 Å². The molecule has 0 saturated carbocycles. The minimum absolute atomic E-state index is 0.0298. The number of aryl methyl sites for hydroxylation is 1. The maximum Gasteiger partial charge on any atom is 0.237 e. The molecular weight excluding hydrogens is 219 g/mol. The third-order valence-corrected chi connectivity index (χ3v) is 3.15. The van der Waals surface area contributed by atoms with E-state index in [4.69, 9.17) is 5.73 Å². The van der Waals surface area contributed by atoms with Gasteiger partial charge in [0.1, 0.15) is 5.82 Å². The van der Waals surface area contributed by atoms with Crippen molar-refractivity contribution in [2.24, 2.45) is 5.73 Å². The van der Waals surface area contributed by atoms with E-state index in [-0.39, 0.29) is 17.8 Å². The number of benzene rings is 1. The van der Waals surface area contributed by atoms with Crippen LogP contribution in [0.3, 0.4) is 0 Å². The van der Waals surface area contributed by atoms with Crippen molar-refractivity contribution < 1.29 is 9.18 Å². The highest BCUT2D eigenvalue weighted by molar-refractivity contribution is 5.81. The standard InChI is InChI=1S/C13H17FN2O/c1-8(15)13(17)16-12-4-2-3-9-7-10(14)5-6-11(9)12/h5-8,12H,2-4,15H2,1H3,(H,16,17)/t8-,12?/m1/s1. The van der Waals surface area contributed by atoms with Gasteiger partial charge >= 0.3 is 0 Å². The molecule has 92 valence electrons. The molecule has 0 saturated heterocycles. The maximum atomic E-state index is 13.1. The summed E-state index contributed by atoms with van der Waals surface area (Å²) in [5.41, 5.74) is 7.54. The van der Waals surface area contributed by atoms with Gasteiger partial charge in [-0.25, -0.2) is 4.39 Å². The van der Waals surface area contributed by atoms with Gasteiger partial charge in [-0.05, 0) is 49.4 Å². The Morgan fingerprint density at radius 1 is 1.59 bits per heavy atom. The molecule has 1 aromatic carbocycles. The van der Waals surface area contributed by atoms with Gasteiger partial charge in [0.05, 0.1) is 12.1 Å². The molecule has 0 radical (unpaired) electrons. The molecule has 17 heavy (non-hydrogen) atoms. The first kappa shape index (κ1) is 12.0. The van der Waals surface area contributed by atoms with Crippen molar-refractivity contribution >= 4 is 5.91 Å². The average Bonchev–Trinajstić information content (AvgIpc) is 2.28. The summed E-state index contributed by atoms with van der Waals surface area (Å²) in [4.78, 5) is 11.6. The number of halogens is 1. The molecule has 0 spiro atoms. The van der Waals surface area contributed by atoms with Crippen LogP contribution in [0.25, 0.3) is 0 Å². The van der Waals surface area contributed by atoms with E-state index in [1.54, 1.807) is 19.1 Å². The fourth-order valence-electron chi connectivity index (χ4n) is 2.24. The lowest BCUT2D eigenvalue weighted by Gasteiger charge is -2.27. The molecule has 3 N–H and O–H groups in total. The number of hydrogen-bond acceptors (Lipinski definition) is 2. The Bertz CT molecular complexity index is 431. The van der Waals surface area contributed by atoms with Crippen LogP contribution in [0.15, 0.2) is 18.2 Å². The summed E-state index contributed by atoms with van der Waals surface area (Å²) in [5.74, 6) is -0.380. The van der Waals surface area contributed by atoms with Gasteiger partial charge in [-0.3, -0.25) is 4.79 Å². The Labute approximate surface area is 100 Å². The number of carbonyl (C=O) groups excluding carboxylic acids is 1. The number of carbonyl (C=O) groups is 1. The Kier molecular flexibility index (Phi) is 3.43. The molecule has 4 heteroatoms. The number of amides is 1. The molecule has 0 aromatic heterocycles. The zero-order valence-corrected chi connectivity index (χ0v) is 9.87. The van der Waals surface area contributed by atoms with Gasteiger partial charge in [-0.15, -0.1) is 0 Å². The summed E-state index contributed by atoms with van der Waals surface area (Å²) >= 11 is 0. The molecule has 0 heterocycles. The molecule has 0 fully saturated rings. The highest BCUT2D eigenvalue weighted by Gasteiger charge is 2.22. The molecule has 1 aliphatic carbocycles. The Morgan fingerprint density at radius 3 is 3.06 bits per heavy atom. The fraction of sp³-hybridized carbons (Fsp3) is 0.462. The van der Waals surface area contributed by atoms with Crippen LogP contribution in [0.2, 0.25) is 0 Å². The molecule has 1 aliphatic rings. The highest BCUT2D eigenvalue weighted by atomic mass is 19.1. The third-order valence-electron chi connectivity index (χ3n) is 3.15. The van der Waals surface area contributed by atoms with E-state index in [1.165, 1.54) is 6.07 Å². The summed E-state index contributed by atoms with van der Waals surface area (Å²) in [6, 6.07) is 4.21. The molecule has 1 aromatic rings. The highest BCUT2D eigenvalue weighted by Crippen LogP contribution is 2.30. The van der Waals surface area contributed by atoms with E-state index in [0.29, 0.717) is 0 Å². The second kappa shape index (κ2) is 4.84. The Hall–Kier alpha value is -1.42. The van der Waals surface area contributed by atoms with Gasteiger partial charge < -0.3 is 11.1 Å². The zero-order valence-electron chi connectivity index (χ0n) is 9.87. The number of nitrogens with two attached hydrogens (primary N) is 1. The van der Waals surface area contributed by atoms with E-state index >= 15 is 0 Å². The van der Waals surface area contributed by atoms with Crippen molar-refractivity contribution in [1.29, 1.82) is 0 Å². The van der Waals surface area contributed by atoms with Gasteiger partial charge in [-0.1, -0.05) is 6.07 Å². The molecule has 0 bridgehead atoms. The van der Waals surface area contributed by atoms with Gasteiger partial charge in [0.15, 0.2) is 0 Å². The van der Waals surface area contributed by atoms with Gasteiger partial charge in [-0.2, -0.15) is 0 Å². The van der Waals surface area contributed by atoms with Crippen molar-refractivity contribution in [3.63, 3.8) is 0 Å². The van der Waals surface area contributed by atoms with Crippen molar-refractivity contribution in [2.75, 3.05) is 0 Å². The van der Waals surface area contributed by atoms with Crippen LogP contribution in [0.1, 0.15) is 36.9 Å². The maximum absolute atomic E-state index is 13.1. The van der Waals surface area contributed by atoms with Crippen molar-refractivity contribution in [2.45, 2.75) is 38.3 Å². The van der Waals surface area contributed by atoms with Crippen LogP contribution >= 0.6 is 0 Å². The largest absolute Gasteiger partial charge is 0.348 e. The fourth-order valence-corrected chi connectivity index (χ4v) is 2.24. The first-order chi connectivity index (χ1) is 8.08. The average molecular weight is 236 g/mol. The number of hydrogen-bond donors (Lipinski definition) is 2. The van der Waals surface area contributed by atoms with Crippen LogP contribution in [0, 0.1) is 5.82 Å². The SMILES string of the molecule is C[C@@H](N)C(=O)NC1CCCc2cc(F)ccc21. The van der Waals surface area contributed by atoms with E-state index in [2.05, 4.69) is 5.32 Å². The molecular formula is C13H17FN2O. The summed E-state index contributed by atoms with van der Waals surface area (Å²) in [5, 5.41) is 2.91. The molecule has 2 rings (SSSR count).